The molecule has 76 valence electrons. The molecule has 0 aliphatic rings. The number of nitrogens with one attached hydrogen (secondary N) is 2. The van der Waals surface area contributed by atoms with Crippen molar-refractivity contribution >= 4 is 22.5 Å². The van der Waals surface area contributed by atoms with E-state index >= 15 is 0 Å². The molecule has 1 aromatic carbocycles. The molecule has 1 heterocycles. The van der Waals surface area contributed by atoms with Crippen molar-refractivity contribution in [2.24, 2.45) is 0 Å². The topological polar surface area (TPSA) is 44.9 Å². The Kier molecular flexibility index (Phi) is 2.29. The molecule has 0 atom stereocenters. The fourth-order valence-corrected chi connectivity index (χ4v) is 1.55. The summed E-state index contributed by atoms with van der Waals surface area (Å²) in [6.07, 6.45) is 1.26. The van der Waals surface area contributed by atoms with Gasteiger partial charge in [0.2, 0.25) is 5.91 Å². The van der Waals surface area contributed by atoms with Crippen LogP contribution in [0.1, 0.15) is 5.69 Å². The Morgan fingerprint density at radius 2 is 2.27 bits per heavy atom. The first-order chi connectivity index (χ1) is 7.19. The van der Waals surface area contributed by atoms with Crippen LogP contribution in [0.25, 0.3) is 10.9 Å². The van der Waals surface area contributed by atoms with Crippen LogP contribution in [0.4, 0.5) is 5.69 Å². The van der Waals surface area contributed by atoms with Crippen molar-refractivity contribution < 1.29 is 4.79 Å². The molecule has 0 saturated carbocycles. The average Bonchev–Trinajstić information content (AvgIpc) is 2.57. The van der Waals surface area contributed by atoms with Gasteiger partial charge in [0.05, 0.1) is 0 Å². The lowest BCUT2D eigenvalue weighted by atomic mass is 10.2. The zero-order chi connectivity index (χ0) is 10.8. The Morgan fingerprint density at radius 3 is 3.00 bits per heavy atom. The zero-order valence-corrected chi connectivity index (χ0v) is 8.50. The van der Waals surface area contributed by atoms with Crippen LogP contribution >= 0.6 is 0 Å². The van der Waals surface area contributed by atoms with Crippen LogP contribution < -0.4 is 5.32 Å². The second-order valence-electron chi connectivity index (χ2n) is 3.45. The molecule has 0 bridgehead atoms. The van der Waals surface area contributed by atoms with Crippen molar-refractivity contribution in [1.29, 1.82) is 0 Å². The molecule has 0 saturated heterocycles. The number of hydrogen-bond acceptors (Lipinski definition) is 1. The van der Waals surface area contributed by atoms with Gasteiger partial charge in [0, 0.05) is 22.3 Å². The van der Waals surface area contributed by atoms with Gasteiger partial charge < -0.3 is 10.3 Å². The monoisotopic (exact) mass is 200 g/mol. The fourth-order valence-electron chi connectivity index (χ4n) is 1.55. The van der Waals surface area contributed by atoms with Crippen molar-refractivity contribution in [2.75, 3.05) is 5.32 Å². The van der Waals surface area contributed by atoms with Gasteiger partial charge >= 0.3 is 0 Å². The lowest BCUT2D eigenvalue weighted by molar-refractivity contribution is -0.111. The van der Waals surface area contributed by atoms with Gasteiger partial charge in [0.25, 0.3) is 0 Å². The third kappa shape index (κ3) is 1.91. The second kappa shape index (κ2) is 3.61. The summed E-state index contributed by atoms with van der Waals surface area (Å²) >= 11 is 0. The van der Waals surface area contributed by atoms with Crippen LogP contribution in [0.15, 0.2) is 36.9 Å². The lowest BCUT2D eigenvalue weighted by Gasteiger charge is -2.01. The van der Waals surface area contributed by atoms with E-state index in [1.807, 2.05) is 31.2 Å². The number of aryl methyl sites for hydroxylation is 1. The zero-order valence-electron chi connectivity index (χ0n) is 8.50. The Labute approximate surface area is 87.8 Å². The molecule has 1 amide bonds. The molecule has 0 aliphatic carbocycles. The van der Waals surface area contributed by atoms with Crippen molar-refractivity contribution in [3.05, 3.63) is 42.6 Å². The number of amides is 1. The smallest absolute Gasteiger partial charge is 0.247 e. The van der Waals surface area contributed by atoms with E-state index in [4.69, 9.17) is 0 Å². The van der Waals surface area contributed by atoms with Crippen molar-refractivity contribution in [3.63, 3.8) is 0 Å². The van der Waals surface area contributed by atoms with E-state index in [-0.39, 0.29) is 5.91 Å². The molecule has 0 unspecified atom stereocenters. The maximum absolute atomic E-state index is 11.1. The fraction of sp³-hybridized carbons (Fsp3) is 0.0833. The number of aromatic amines is 1. The molecule has 0 aliphatic heterocycles. The molecule has 0 fully saturated rings. The third-order valence-corrected chi connectivity index (χ3v) is 2.21. The number of aromatic nitrogens is 1. The Bertz CT molecular complexity index is 525. The summed E-state index contributed by atoms with van der Waals surface area (Å²) in [4.78, 5) is 14.3. The minimum Gasteiger partial charge on any atom is -0.359 e. The molecular formula is C12H12N2O. The number of H-pyrrole nitrogens is 1. The first-order valence-corrected chi connectivity index (χ1v) is 4.72. The summed E-state index contributed by atoms with van der Waals surface area (Å²) in [5, 5.41) is 3.81. The number of carbonyl (C=O) groups excluding carboxylic acids is 1. The Balaban J connectivity index is 2.37. The second-order valence-corrected chi connectivity index (χ2v) is 3.45. The van der Waals surface area contributed by atoms with Crippen LogP contribution in [-0.2, 0) is 4.79 Å². The van der Waals surface area contributed by atoms with Crippen molar-refractivity contribution in [1.82, 2.24) is 4.98 Å². The van der Waals surface area contributed by atoms with E-state index in [0.717, 1.165) is 22.3 Å². The highest BCUT2D eigenvalue weighted by Crippen LogP contribution is 2.19. The number of rotatable bonds is 2. The third-order valence-electron chi connectivity index (χ3n) is 2.21. The highest BCUT2D eigenvalue weighted by atomic mass is 16.1. The molecule has 15 heavy (non-hydrogen) atoms. The predicted molar refractivity (Wildman–Crippen MR) is 61.9 cm³/mol. The van der Waals surface area contributed by atoms with Gasteiger partial charge in [-0.3, -0.25) is 4.79 Å². The van der Waals surface area contributed by atoms with E-state index in [9.17, 15) is 4.79 Å². The Hall–Kier alpha value is -2.03. The molecule has 0 radical (unpaired) electrons. The van der Waals surface area contributed by atoms with Gasteiger partial charge in [0.15, 0.2) is 0 Å². The summed E-state index contributed by atoms with van der Waals surface area (Å²) in [6, 6.07) is 7.78. The molecule has 3 heteroatoms. The lowest BCUT2D eigenvalue weighted by Crippen LogP contribution is -2.06. The number of hydrogen-bond donors (Lipinski definition) is 2. The quantitative estimate of drug-likeness (QED) is 0.719. The molecular weight excluding hydrogens is 188 g/mol. The molecule has 2 aromatic rings. The number of carbonyl (C=O) groups is 1. The van der Waals surface area contributed by atoms with Gasteiger partial charge in [-0.2, -0.15) is 0 Å². The largest absolute Gasteiger partial charge is 0.359 e. The van der Waals surface area contributed by atoms with E-state index in [2.05, 4.69) is 16.9 Å². The number of anilines is 1. The van der Waals surface area contributed by atoms with Gasteiger partial charge in [-0.1, -0.05) is 6.58 Å². The number of fused-ring (bicyclic) bond motifs is 1. The summed E-state index contributed by atoms with van der Waals surface area (Å²) in [7, 11) is 0. The highest BCUT2D eigenvalue weighted by Gasteiger charge is 2.00. The van der Waals surface area contributed by atoms with Crippen LogP contribution in [0.3, 0.4) is 0 Å². The van der Waals surface area contributed by atoms with Crippen molar-refractivity contribution in [3.8, 4) is 0 Å². The van der Waals surface area contributed by atoms with Crippen LogP contribution in [0.2, 0.25) is 0 Å². The molecule has 2 N–H and O–H groups in total. The Morgan fingerprint density at radius 1 is 1.47 bits per heavy atom. The highest BCUT2D eigenvalue weighted by molar-refractivity contribution is 6.00. The molecule has 0 spiro atoms. The normalized spacial score (nSPS) is 10.2. The van der Waals surface area contributed by atoms with E-state index in [1.54, 1.807) is 0 Å². The SMILES string of the molecule is C=CC(=O)Nc1ccc2[nH]c(C)cc2c1. The van der Waals surface area contributed by atoms with E-state index in [1.165, 1.54) is 6.08 Å². The van der Waals surface area contributed by atoms with Gasteiger partial charge in [0.1, 0.15) is 0 Å². The molecule has 2 rings (SSSR count). The van der Waals surface area contributed by atoms with Gasteiger partial charge in [-0.05, 0) is 37.3 Å². The number of benzene rings is 1. The summed E-state index contributed by atoms with van der Waals surface area (Å²) in [6.45, 7) is 5.41. The van der Waals surface area contributed by atoms with Crippen LogP contribution in [-0.4, -0.2) is 10.9 Å². The summed E-state index contributed by atoms with van der Waals surface area (Å²) in [5.74, 6) is -0.193. The first kappa shape index (κ1) is 9.52. The summed E-state index contributed by atoms with van der Waals surface area (Å²) in [5.41, 5.74) is 2.97. The first-order valence-electron chi connectivity index (χ1n) is 4.72. The maximum Gasteiger partial charge on any atom is 0.247 e. The summed E-state index contributed by atoms with van der Waals surface area (Å²) < 4.78 is 0. The van der Waals surface area contributed by atoms with E-state index < -0.39 is 0 Å². The van der Waals surface area contributed by atoms with Crippen LogP contribution in [0.5, 0.6) is 0 Å². The minimum absolute atomic E-state index is 0.193. The standard InChI is InChI=1S/C12H12N2O/c1-3-12(15)14-10-4-5-11-9(7-10)6-8(2)13-11/h3-7,13H,1H2,2H3,(H,14,15). The average molecular weight is 200 g/mol. The van der Waals surface area contributed by atoms with E-state index in [0.29, 0.717) is 0 Å². The maximum atomic E-state index is 11.1. The molecule has 1 aromatic heterocycles. The predicted octanol–water partition coefficient (Wildman–Crippen LogP) is 2.60. The molecule has 3 nitrogen and oxygen atoms in total. The van der Waals surface area contributed by atoms with Crippen LogP contribution in [0, 0.1) is 6.92 Å². The van der Waals surface area contributed by atoms with Gasteiger partial charge in [-0.25, -0.2) is 0 Å². The minimum atomic E-state index is -0.193. The van der Waals surface area contributed by atoms with Gasteiger partial charge in [-0.15, -0.1) is 0 Å². The van der Waals surface area contributed by atoms with Crippen molar-refractivity contribution in [2.45, 2.75) is 6.92 Å².